The van der Waals surface area contributed by atoms with Crippen LogP contribution < -0.4 is 0 Å². The second-order valence-electron chi connectivity index (χ2n) is 3.28. The minimum absolute atomic E-state index is 0.0741. The molecule has 0 radical (unpaired) electrons. The van der Waals surface area contributed by atoms with E-state index in [9.17, 15) is 0 Å². The predicted octanol–water partition coefficient (Wildman–Crippen LogP) is -0.391. The lowest BCUT2D eigenvalue weighted by Crippen LogP contribution is -2.19. The van der Waals surface area contributed by atoms with Gasteiger partial charge in [0.25, 0.3) is 0 Å². The maximum absolute atomic E-state index is 8.85. The maximum atomic E-state index is 8.85. The van der Waals surface area contributed by atoms with Crippen LogP contribution >= 0.6 is 0 Å². The average Bonchev–Trinajstić information content (AvgIpc) is 2.17. The molecule has 0 unspecified atom stereocenters. The number of ether oxygens (including phenoxy) is 1. The van der Waals surface area contributed by atoms with E-state index in [1.54, 1.807) is 0 Å². The third-order valence-corrected chi connectivity index (χ3v) is 2.73. The van der Waals surface area contributed by atoms with E-state index >= 15 is 0 Å². The standard InChI is InChI=1S/C7H15BO2/c1-4-5(2)7(8)10-6(4)3-9/h4-7,9H,3,8H2,1-2H3/t4-,5+,6+,7+/m0/s1. The van der Waals surface area contributed by atoms with Gasteiger partial charge in [-0.05, 0) is 11.8 Å². The van der Waals surface area contributed by atoms with E-state index in [2.05, 4.69) is 21.7 Å². The normalized spacial score (nSPS) is 47.9. The van der Waals surface area contributed by atoms with Gasteiger partial charge in [0.05, 0.1) is 12.7 Å². The maximum Gasteiger partial charge on any atom is 0.139 e. The second kappa shape index (κ2) is 2.93. The SMILES string of the molecule is B[C@@H]1O[C@H](CO)[C@@H](C)[C@H]1C. The van der Waals surface area contributed by atoms with Crippen LogP contribution in [0.1, 0.15) is 13.8 Å². The molecule has 1 aliphatic rings. The minimum Gasteiger partial charge on any atom is -0.394 e. The summed E-state index contributed by atoms with van der Waals surface area (Å²) in [6.45, 7) is 4.47. The lowest BCUT2D eigenvalue weighted by atomic mass is 9.82. The lowest BCUT2D eigenvalue weighted by molar-refractivity contribution is 0.0286. The molecule has 1 fully saturated rings. The van der Waals surface area contributed by atoms with E-state index in [4.69, 9.17) is 9.84 Å². The van der Waals surface area contributed by atoms with Gasteiger partial charge in [-0.15, -0.1) is 0 Å². The Kier molecular flexibility index (Phi) is 2.37. The fourth-order valence-corrected chi connectivity index (χ4v) is 1.50. The zero-order valence-electron chi connectivity index (χ0n) is 6.87. The average molecular weight is 142 g/mol. The molecule has 0 aromatic heterocycles. The highest BCUT2D eigenvalue weighted by Crippen LogP contribution is 2.29. The Hall–Kier alpha value is -0.0151. The van der Waals surface area contributed by atoms with Crippen molar-refractivity contribution in [2.75, 3.05) is 6.61 Å². The van der Waals surface area contributed by atoms with Gasteiger partial charge in [-0.2, -0.15) is 0 Å². The van der Waals surface area contributed by atoms with Gasteiger partial charge >= 0.3 is 0 Å². The van der Waals surface area contributed by atoms with E-state index in [-0.39, 0.29) is 12.7 Å². The van der Waals surface area contributed by atoms with E-state index in [1.165, 1.54) is 0 Å². The molecule has 2 nitrogen and oxygen atoms in total. The van der Waals surface area contributed by atoms with Crippen molar-refractivity contribution in [3.05, 3.63) is 0 Å². The minimum atomic E-state index is 0.0741. The molecule has 1 heterocycles. The molecule has 10 heavy (non-hydrogen) atoms. The fraction of sp³-hybridized carbons (Fsp3) is 1.00. The number of hydrogen-bond donors (Lipinski definition) is 1. The molecule has 0 bridgehead atoms. The molecule has 3 heteroatoms. The highest BCUT2D eigenvalue weighted by molar-refractivity contribution is 6.11. The van der Waals surface area contributed by atoms with Crippen LogP contribution in [-0.4, -0.2) is 31.7 Å². The summed E-state index contributed by atoms with van der Waals surface area (Å²) in [4.78, 5) is 0. The first-order valence-corrected chi connectivity index (χ1v) is 3.93. The molecule has 1 saturated heterocycles. The van der Waals surface area contributed by atoms with Crippen molar-refractivity contribution in [3.8, 4) is 0 Å². The van der Waals surface area contributed by atoms with Crippen LogP contribution in [0, 0.1) is 11.8 Å². The van der Waals surface area contributed by atoms with Gasteiger partial charge < -0.3 is 9.84 Å². The number of hydrogen-bond acceptors (Lipinski definition) is 2. The van der Waals surface area contributed by atoms with Crippen LogP contribution in [0.3, 0.4) is 0 Å². The van der Waals surface area contributed by atoms with E-state index in [1.807, 2.05) is 0 Å². The molecule has 0 aliphatic carbocycles. The monoisotopic (exact) mass is 142 g/mol. The zero-order chi connectivity index (χ0) is 7.72. The van der Waals surface area contributed by atoms with E-state index in [0.717, 1.165) is 0 Å². The topological polar surface area (TPSA) is 29.5 Å². The van der Waals surface area contributed by atoms with Crippen LogP contribution in [0.25, 0.3) is 0 Å². The Morgan fingerprint density at radius 2 is 2.00 bits per heavy atom. The highest BCUT2D eigenvalue weighted by atomic mass is 16.5. The smallest absolute Gasteiger partial charge is 0.139 e. The van der Waals surface area contributed by atoms with Crippen molar-refractivity contribution in [1.82, 2.24) is 0 Å². The first-order chi connectivity index (χ1) is 4.66. The van der Waals surface area contributed by atoms with Crippen LogP contribution in [0.4, 0.5) is 0 Å². The Morgan fingerprint density at radius 3 is 2.20 bits per heavy atom. The summed E-state index contributed by atoms with van der Waals surface area (Å²) < 4.78 is 5.48. The van der Waals surface area contributed by atoms with E-state index in [0.29, 0.717) is 17.8 Å². The van der Waals surface area contributed by atoms with Gasteiger partial charge in [0, 0.05) is 6.00 Å². The Bertz CT molecular complexity index is 118. The lowest BCUT2D eigenvalue weighted by Gasteiger charge is -2.12. The molecule has 1 rings (SSSR count). The highest BCUT2D eigenvalue weighted by Gasteiger charge is 2.35. The second-order valence-corrected chi connectivity index (χ2v) is 3.28. The molecule has 1 aliphatic heterocycles. The summed E-state index contributed by atoms with van der Waals surface area (Å²) in [5.74, 6) is 1.08. The number of aliphatic hydroxyl groups is 1. The summed E-state index contributed by atoms with van der Waals surface area (Å²) in [5, 5.41) is 8.85. The Morgan fingerprint density at radius 1 is 1.40 bits per heavy atom. The number of aliphatic hydroxyl groups excluding tert-OH is 1. The van der Waals surface area contributed by atoms with Crippen LogP contribution in [0.5, 0.6) is 0 Å². The molecular formula is C7H15BO2. The molecule has 0 saturated carbocycles. The van der Waals surface area contributed by atoms with Gasteiger partial charge in [-0.3, -0.25) is 0 Å². The molecule has 0 aromatic rings. The Labute approximate surface area is 63.0 Å². The zero-order valence-corrected chi connectivity index (χ0v) is 6.87. The van der Waals surface area contributed by atoms with Crippen molar-refractivity contribution in [2.24, 2.45) is 11.8 Å². The first kappa shape index (κ1) is 8.09. The summed E-state index contributed by atoms with van der Waals surface area (Å²) in [6, 6.07) is 0.312. The van der Waals surface area contributed by atoms with Gasteiger partial charge in [-0.1, -0.05) is 13.8 Å². The van der Waals surface area contributed by atoms with Crippen LogP contribution in [0.15, 0.2) is 0 Å². The van der Waals surface area contributed by atoms with Crippen molar-refractivity contribution in [2.45, 2.75) is 26.0 Å². The van der Waals surface area contributed by atoms with Crippen molar-refractivity contribution < 1.29 is 9.84 Å². The molecule has 1 N–H and O–H groups in total. The molecule has 58 valence electrons. The summed E-state index contributed by atoms with van der Waals surface area (Å²) in [7, 11) is 2.07. The van der Waals surface area contributed by atoms with Crippen molar-refractivity contribution in [3.63, 3.8) is 0 Å². The van der Waals surface area contributed by atoms with E-state index < -0.39 is 0 Å². The fourth-order valence-electron chi connectivity index (χ4n) is 1.50. The number of rotatable bonds is 1. The third-order valence-electron chi connectivity index (χ3n) is 2.73. The third kappa shape index (κ3) is 1.20. The van der Waals surface area contributed by atoms with Gasteiger partial charge in [0.1, 0.15) is 7.85 Å². The van der Waals surface area contributed by atoms with Crippen LogP contribution in [-0.2, 0) is 4.74 Å². The molecule has 0 aromatic carbocycles. The quantitative estimate of drug-likeness (QED) is 0.505. The summed E-state index contributed by atoms with van der Waals surface area (Å²) in [6.07, 6.45) is 0.0741. The molecule has 4 atom stereocenters. The molecular weight excluding hydrogens is 127 g/mol. The Balaban J connectivity index is 2.53. The molecule has 0 spiro atoms. The van der Waals surface area contributed by atoms with Gasteiger partial charge in [0.2, 0.25) is 0 Å². The summed E-state index contributed by atoms with van der Waals surface area (Å²) >= 11 is 0. The largest absolute Gasteiger partial charge is 0.394 e. The molecule has 0 amide bonds. The summed E-state index contributed by atoms with van der Waals surface area (Å²) in [5.41, 5.74) is 0. The van der Waals surface area contributed by atoms with Gasteiger partial charge in [0.15, 0.2) is 0 Å². The van der Waals surface area contributed by atoms with Crippen molar-refractivity contribution in [1.29, 1.82) is 0 Å². The van der Waals surface area contributed by atoms with Crippen molar-refractivity contribution >= 4 is 7.85 Å². The van der Waals surface area contributed by atoms with Gasteiger partial charge in [-0.25, -0.2) is 0 Å². The first-order valence-electron chi connectivity index (χ1n) is 3.93. The predicted molar refractivity (Wildman–Crippen MR) is 42.6 cm³/mol. The van der Waals surface area contributed by atoms with Crippen LogP contribution in [0.2, 0.25) is 0 Å².